The molecule has 0 spiro atoms. The molecule has 0 unspecified atom stereocenters. The van der Waals surface area contributed by atoms with Gasteiger partial charge in [0.1, 0.15) is 0 Å². The zero-order valence-corrected chi connectivity index (χ0v) is 12.1. The van der Waals surface area contributed by atoms with Crippen molar-refractivity contribution in [1.29, 1.82) is 0 Å². The predicted molar refractivity (Wildman–Crippen MR) is 80.9 cm³/mol. The molecule has 0 N–H and O–H groups in total. The Hall–Kier alpha value is -0.930. The Morgan fingerprint density at radius 2 is 1.67 bits per heavy atom. The minimum atomic E-state index is 0.773. The first kappa shape index (κ1) is 15.1. The summed E-state index contributed by atoms with van der Waals surface area (Å²) in [5.74, 6) is 6.45. The summed E-state index contributed by atoms with van der Waals surface area (Å²) < 4.78 is 0. The Balaban J connectivity index is 2.10. The third kappa shape index (κ3) is 6.72. The van der Waals surface area contributed by atoms with E-state index in [1.54, 1.807) is 0 Å². The molecule has 0 nitrogen and oxygen atoms in total. The average Bonchev–Trinajstić information content (AvgIpc) is 2.39. The zero-order valence-electron chi connectivity index (χ0n) is 11.3. The van der Waals surface area contributed by atoms with Crippen LogP contribution in [0.3, 0.4) is 0 Å². The molecule has 0 aliphatic carbocycles. The van der Waals surface area contributed by atoms with Crippen LogP contribution in [0, 0.1) is 11.8 Å². The summed E-state index contributed by atoms with van der Waals surface area (Å²) in [6.45, 7) is 2.25. The van der Waals surface area contributed by atoms with Crippen molar-refractivity contribution in [1.82, 2.24) is 0 Å². The summed E-state index contributed by atoms with van der Waals surface area (Å²) in [5, 5.41) is 0.825. The van der Waals surface area contributed by atoms with Crippen LogP contribution in [0.4, 0.5) is 0 Å². The van der Waals surface area contributed by atoms with E-state index in [0.717, 1.165) is 23.4 Å². The molecule has 0 radical (unpaired) electrons. The fourth-order valence-corrected chi connectivity index (χ4v) is 2.08. The lowest BCUT2D eigenvalue weighted by molar-refractivity contribution is 0.614. The van der Waals surface area contributed by atoms with Gasteiger partial charge in [-0.25, -0.2) is 0 Å². The molecule has 0 heterocycles. The average molecular weight is 263 g/mol. The highest BCUT2D eigenvalue weighted by molar-refractivity contribution is 6.31. The Kier molecular flexibility index (Phi) is 8.43. The van der Waals surface area contributed by atoms with Crippen molar-refractivity contribution in [2.45, 2.75) is 58.3 Å². The van der Waals surface area contributed by atoms with Gasteiger partial charge in [-0.15, -0.1) is 5.92 Å². The number of halogens is 1. The van der Waals surface area contributed by atoms with Crippen LogP contribution >= 0.6 is 11.6 Å². The second-order valence-corrected chi connectivity index (χ2v) is 5.05. The van der Waals surface area contributed by atoms with Gasteiger partial charge in [-0.1, -0.05) is 74.7 Å². The van der Waals surface area contributed by atoms with Crippen LogP contribution in [-0.2, 0) is 6.42 Å². The lowest BCUT2D eigenvalue weighted by Crippen LogP contribution is -1.82. The Labute approximate surface area is 117 Å². The highest BCUT2D eigenvalue weighted by Crippen LogP contribution is 2.14. The predicted octanol–water partition coefficient (Wildman–Crippen LogP) is 5.64. The van der Waals surface area contributed by atoms with E-state index in [4.69, 9.17) is 11.6 Å². The number of rotatable bonds is 7. The molecular formula is C17H23Cl. The first-order valence-corrected chi connectivity index (χ1v) is 7.41. The Morgan fingerprint density at radius 1 is 0.944 bits per heavy atom. The molecule has 0 amide bonds. The van der Waals surface area contributed by atoms with Gasteiger partial charge < -0.3 is 0 Å². The molecule has 98 valence electrons. The van der Waals surface area contributed by atoms with Crippen LogP contribution in [0.2, 0.25) is 5.02 Å². The molecule has 0 saturated heterocycles. The van der Waals surface area contributed by atoms with E-state index in [0.29, 0.717) is 0 Å². The molecule has 0 fully saturated rings. The highest BCUT2D eigenvalue weighted by Gasteiger charge is 1.94. The summed E-state index contributed by atoms with van der Waals surface area (Å²) >= 11 is 6.07. The minimum absolute atomic E-state index is 0.773. The minimum Gasteiger partial charge on any atom is -0.103 e. The lowest BCUT2D eigenvalue weighted by atomic mass is 10.1. The lowest BCUT2D eigenvalue weighted by Gasteiger charge is -1.98. The molecule has 1 aromatic rings. The molecule has 18 heavy (non-hydrogen) atoms. The van der Waals surface area contributed by atoms with Gasteiger partial charge >= 0.3 is 0 Å². The monoisotopic (exact) mass is 262 g/mol. The molecule has 0 aliphatic rings. The van der Waals surface area contributed by atoms with E-state index in [1.165, 1.54) is 38.5 Å². The van der Waals surface area contributed by atoms with E-state index in [-0.39, 0.29) is 0 Å². The maximum absolute atomic E-state index is 6.07. The van der Waals surface area contributed by atoms with Crippen LogP contribution in [0.5, 0.6) is 0 Å². The summed E-state index contributed by atoms with van der Waals surface area (Å²) in [6, 6.07) is 7.93. The molecular weight excluding hydrogens is 240 g/mol. The van der Waals surface area contributed by atoms with E-state index in [1.807, 2.05) is 24.3 Å². The summed E-state index contributed by atoms with van der Waals surface area (Å²) in [7, 11) is 0. The molecule has 0 aromatic heterocycles. The van der Waals surface area contributed by atoms with Crippen LogP contribution in [0.25, 0.3) is 0 Å². The molecule has 0 bridgehead atoms. The van der Waals surface area contributed by atoms with Crippen molar-refractivity contribution in [2.75, 3.05) is 0 Å². The fourth-order valence-electron chi connectivity index (χ4n) is 1.88. The molecule has 1 aromatic carbocycles. The first-order valence-electron chi connectivity index (χ1n) is 7.03. The highest BCUT2D eigenvalue weighted by atomic mass is 35.5. The number of unbranched alkanes of at least 4 members (excludes halogenated alkanes) is 6. The normalized spacial score (nSPS) is 9.89. The standard InChI is InChI=1S/C17H23Cl/c1-2-3-4-5-6-7-8-9-10-13-16-14-11-12-15-17(16)18/h11-12,14-15H,2-8,13H2,1H3. The largest absolute Gasteiger partial charge is 0.103 e. The van der Waals surface area contributed by atoms with Gasteiger partial charge in [0.2, 0.25) is 0 Å². The van der Waals surface area contributed by atoms with Gasteiger partial charge in [-0.05, 0) is 18.1 Å². The Bertz CT molecular complexity index is 384. The van der Waals surface area contributed by atoms with E-state index >= 15 is 0 Å². The van der Waals surface area contributed by atoms with Crippen molar-refractivity contribution in [3.63, 3.8) is 0 Å². The SMILES string of the molecule is CCCCCCCCC#CCc1ccccc1Cl. The zero-order chi connectivity index (χ0) is 13.1. The van der Waals surface area contributed by atoms with Gasteiger partial charge in [0, 0.05) is 17.9 Å². The fraction of sp³-hybridized carbons (Fsp3) is 0.529. The molecule has 0 saturated carbocycles. The first-order chi connectivity index (χ1) is 8.84. The number of hydrogen-bond acceptors (Lipinski definition) is 0. The number of benzene rings is 1. The van der Waals surface area contributed by atoms with Crippen LogP contribution in [0.15, 0.2) is 24.3 Å². The van der Waals surface area contributed by atoms with Gasteiger partial charge in [0.05, 0.1) is 0 Å². The summed E-state index contributed by atoms with van der Waals surface area (Å²) in [4.78, 5) is 0. The molecule has 1 rings (SSSR count). The molecule has 1 heteroatoms. The second kappa shape index (κ2) is 10.0. The van der Waals surface area contributed by atoms with Gasteiger partial charge in [0.25, 0.3) is 0 Å². The maximum atomic E-state index is 6.07. The van der Waals surface area contributed by atoms with Crippen molar-refractivity contribution >= 4 is 11.6 Å². The van der Waals surface area contributed by atoms with Gasteiger partial charge in [-0.3, -0.25) is 0 Å². The molecule has 0 aliphatic heterocycles. The summed E-state index contributed by atoms with van der Waals surface area (Å²) in [6.07, 6.45) is 9.78. The van der Waals surface area contributed by atoms with Crippen molar-refractivity contribution in [3.05, 3.63) is 34.9 Å². The quantitative estimate of drug-likeness (QED) is 0.441. The third-order valence-electron chi connectivity index (χ3n) is 3.02. The van der Waals surface area contributed by atoms with E-state index in [2.05, 4.69) is 18.8 Å². The van der Waals surface area contributed by atoms with E-state index in [9.17, 15) is 0 Å². The van der Waals surface area contributed by atoms with E-state index < -0.39 is 0 Å². The van der Waals surface area contributed by atoms with Crippen LogP contribution in [0.1, 0.15) is 57.4 Å². The summed E-state index contributed by atoms with van der Waals surface area (Å²) in [5.41, 5.74) is 1.13. The molecule has 0 atom stereocenters. The maximum Gasteiger partial charge on any atom is 0.0447 e. The third-order valence-corrected chi connectivity index (χ3v) is 3.39. The van der Waals surface area contributed by atoms with Crippen molar-refractivity contribution in [2.24, 2.45) is 0 Å². The second-order valence-electron chi connectivity index (χ2n) is 4.64. The van der Waals surface area contributed by atoms with Crippen molar-refractivity contribution in [3.8, 4) is 11.8 Å². The van der Waals surface area contributed by atoms with Crippen molar-refractivity contribution < 1.29 is 0 Å². The van der Waals surface area contributed by atoms with Crippen LogP contribution < -0.4 is 0 Å². The number of hydrogen-bond donors (Lipinski definition) is 0. The topological polar surface area (TPSA) is 0 Å². The Morgan fingerprint density at radius 3 is 2.44 bits per heavy atom. The van der Waals surface area contributed by atoms with Crippen LogP contribution in [-0.4, -0.2) is 0 Å². The smallest absolute Gasteiger partial charge is 0.0447 e. The van der Waals surface area contributed by atoms with Gasteiger partial charge in [0.15, 0.2) is 0 Å². The van der Waals surface area contributed by atoms with Gasteiger partial charge in [-0.2, -0.15) is 0 Å².